The standard InChI is InChI=1S/C23H34BF3N2O6S/c1-15-14-28(9-10-29(15)19(30)33-20(2,3)4)36(31,32)18-12-16(23(25,26)27)11-17(13-18)24-34-21(5,6)22(7,8)35-24/h11-13,15H,9-10,14H2,1-8H3/t15-/m0/s1. The Bertz CT molecular complexity index is 1100. The number of carbonyl (C=O) groups is 1. The fourth-order valence-electron chi connectivity index (χ4n) is 3.93. The summed E-state index contributed by atoms with van der Waals surface area (Å²) in [5.74, 6) is 0. The third-order valence-corrected chi connectivity index (χ3v) is 8.48. The van der Waals surface area contributed by atoms with Gasteiger partial charge in [-0.05, 0) is 73.0 Å². The molecule has 8 nitrogen and oxygen atoms in total. The lowest BCUT2D eigenvalue weighted by Crippen LogP contribution is -2.56. The van der Waals surface area contributed by atoms with Crippen molar-refractivity contribution in [1.29, 1.82) is 0 Å². The van der Waals surface area contributed by atoms with Crippen molar-refractivity contribution in [2.24, 2.45) is 0 Å². The van der Waals surface area contributed by atoms with Gasteiger partial charge in [0.25, 0.3) is 0 Å². The summed E-state index contributed by atoms with van der Waals surface area (Å²) in [5.41, 5.74) is -3.52. The van der Waals surface area contributed by atoms with Crippen molar-refractivity contribution >= 4 is 28.7 Å². The third kappa shape index (κ3) is 5.84. The lowest BCUT2D eigenvalue weighted by molar-refractivity contribution is -0.137. The van der Waals surface area contributed by atoms with Crippen LogP contribution in [0.4, 0.5) is 18.0 Å². The van der Waals surface area contributed by atoms with Gasteiger partial charge in [0, 0.05) is 25.7 Å². The van der Waals surface area contributed by atoms with E-state index in [1.807, 2.05) is 0 Å². The molecule has 1 aromatic rings. The van der Waals surface area contributed by atoms with Crippen molar-refractivity contribution in [3.8, 4) is 0 Å². The van der Waals surface area contributed by atoms with Gasteiger partial charge in [-0.25, -0.2) is 13.2 Å². The van der Waals surface area contributed by atoms with Crippen LogP contribution in [0, 0.1) is 0 Å². The number of hydrogen-bond donors (Lipinski definition) is 0. The molecule has 1 atom stereocenters. The molecule has 202 valence electrons. The summed E-state index contributed by atoms with van der Waals surface area (Å²) in [6.07, 6.45) is -5.36. The van der Waals surface area contributed by atoms with E-state index in [1.165, 1.54) is 4.90 Å². The zero-order valence-corrected chi connectivity index (χ0v) is 22.7. The summed E-state index contributed by atoms with van der Waals surface area (Å²) in [5, 5.41) is 0. The highest BCUT2D eigenvalue weighted by molar-refractivity contribution is 7.89. The molecule has 3 rings (SSSR count). The van der Waals surface area contributed by atoms with E-state index in [-0.39, 0.29) is 25.1 Å². The average Bonchev–Trinajstić information content (AvgIpc) is 2.92. The first kappa shape index (κ1) is 28.7. The molecule has 36 heavy (non-hydrogen) atoms. The Morgan fingerprint density at radius 1 is 1.06 bits per heavy atom. The van der Waals surface area contributed by atoms with Gasteiger partial charge in [-0.3, -0.25) is 0 Å². The van der Waals surface area contributed by atoms with Crippen LogP contribution in [0.5, 0.6) is 0 Å². The predicted octanol–water partition coefficient (Wildman–Crippen LogP) is 3.63. The van der Waals surface area contributed by atoms with Gasteiger partial charge in [-0.2, -0.15) is 17.5 Å². The van der Waals surface area contributed by atoms with Crippen molar-refractivity contribution in [2.45, 2.75) is 89.3 Å². The predicted molar refractivity (Wildman–Crippen MR) is 128 cm³/mol. The molecule has 2 fully saturated rings. The fourth-order valence-corrected chi connectivity index (χ4v) is 5.53. The summed E-state index contributed by atoms with van der Waals surface area (Å²) >= 11 is 0. The maximum atomic E-state index is 13.8. The molecule has 0 bridgehead atoms. The van der Waals surface area contributed by atoms with E-state index in [4.69, 9.17) is 14.0 Å². The second-order valence-corrected chi connectivity index (χ2v) is 13.2. The zero-order chi connectivity index (χ0) is 27.5. The minimum absolute atomic E-state index is 0.0394. The Morgan fingerprint density at radius 2 is 1.61 bits per heavy atom. The molecule has 2 aliphatic rings. The summed E-state index contributed by atoms with van der Waals surface area (Å²) in [7, 11) is -5.50. The topological polar surface area (TPSA) is 85.4 Å². The Kier molecular flexibility index (Phi) is 7.33. The molecule has 1 aromatic carbocycles. The van der Waals surface area contributed by atoms with Crippen molar-refractivity contribution in [1.82, 2.24) is 9.21 Å². The maximum absolute atomic E-state index is 13.8. The Balaban J connectivity index is 1.92. The molecule has 0 saturated carbocycles. The summed E-state index contributed by atoms with van der Waals surface area (Å²) in [4.78, 5) is 13.4. The molecule has 0 aromatic heterocycles. The molecule has 1 amide bonds. The van der Waals surface area contributed by atoms with E-state index >= 15 is 0 Å². The first-order chi connectivity index (χ1) is 16.1. The van der Waals surface area contributed by atoms with E-state index in [1.54, 1.807) is 55.4 Å². The molecule has 0 unspecified atom stereocenters. The number of nitrogens with zero attached hydrogens (tertiary/aromatic N) is 2. The van der Waals surface area contributed by atoms with Crippen LogP contribution in [0.25, 0.3) is 0 Å². The molecule has 0 radical (unpaired) electrons. The number of alkyl halides is 3. The van der Waals surface area contributed by atoms with Crippen LogP contribution in [0.3, 0.4) is 0 Å². The Hall–Kier alpha value is -1.83. The molecule has 2 aliphatic heterocycles. The van der Waals surface area contributed by atoms with E-state index in [2.05, 4.69) is 0 Å². The molecule has 0 spiro atoms. The van der Waals surface area contributed by atoms with Crippen LogP contribution in [-0.2, 0) is 30.2 Å². The van der Waals surface area contributed by atoms with Gasteiger partial charge in [0.1, 0.15) is 5.60 Å². The zero-order valence-electron chi connectivity index (χ0n) is 21.9. The van der Waals surface area contributed by atoms with E-state index in [0.29, 0.717) is 6.07 Å². The van der Waals surface area contributed by atoms with E-state index in [9.17, 15) is 26.4 Å². The second-order valence-electron chi connectivity index (χ2n) is 11.3. The van der Waals surface area contributed by atoms with Crippen LogP contribution in [0.15, 0.2) is 23.1 Å². The van der Waals surface area contributed by atoms with E-state index < -0.39 is 62.7 Å². The normalized spacial score (nSPS) is 23.1. The first-order valence-corrected chi connectivity index (χ1v) is 13.2. The highest BCUT2D eigenvalue weighted by Gasteiger charge is 2.52. The first-order valence-electron chi connectivity index (χ1n) is 11.7. The van der Waals surface area contributed by atoms with Gasteiger partial charge >= 0.3 is 19.4 Å². The monoisotopic (exact) mass is 534 g/mol. The number of benzene rings is 1. The summed E-state index contributed by atoms with van der Waals surface area (Å²) in [6, 6.07) is 2.09. The number of rotatable bonds is 3. The SMILES string of the molecule is C[C@H]1CN(S(=O)(=O)c2cc(B3OC(C)(C)C(C)(C)O3)cc(C(F)(F)F)c2)CCN1C(=O)OC(C)(C)C. The highest BCUT2D eigenvalue weighted by Crippen LogP contribution is 2.38. The van der Waals surface area contributed by atoms with Crippen molar-refractivity contribution in [3.05, 3.63) is 23.8 Å². The molecular weight excluding hydrogens is 500 g/mol. The van der Waals surface area contributed by atoms with Gasteiger partial charge < -0.3 is 18.9 Å². The summed E-state index contributed by atoms with van der Waals surface area (Å²) < 4.78 is 86.4. The Morgan fingerprint density at radius 3 is 2.08 bits per heavy atom. The fraction of sp³-hybridized carbons (Fsp3) is 0.696. The smallest absolute Gasteiger partial charge is 0.444 e. The van der Waals surface area contributed by atoms with Crippen LogP contribution >= 0.6 is 0 Å². The molecule has 13 heteroatoms. The van der Waals surface area contributed by atoms with Gasteiger partial charge in [-0.15, -0.1) is 0 Å². The van der Waals surface area contributed by atoms with Crippen molar-refractivity contribution in [3.63, 3.8) is 0 Å². The van der Waals surface area contributed by atoms with Crippen LogP contribution in [0.2, 0.25) is 0 Å². The number of piperazine rings is 1. The largest absolute Gasteiger partial charge is 0.494 e. The van der Waals surface area contributed by atoms with Gasteiger partial charge in [0.15, 0.2) is 0 Å². The lowest BCUT2D eigenvalue weighted by Gasteiger charge is -2.39. The van der Waals surface area contributed by atoms with E-state index in [0.717, 1.165) is 16.4 Å². The third-order valence-electron chi connectivity index (χ3n) is 6.64. The average molecular weight is 534 g/mol. The lowest BCUT2D eigenvalue weighted by atomic mass is 9.78. The maximum Gasteiger partial charge on any atom is 0.494 e. The quantitative estimate of drug-likeness (QED) is 0.551. The number of ether oxygens (including phenoxy) is 1. The van der Waals surface area contributed by atoms with Crippen LogP contribution < -0.4 is 5.46 Å². The minimum Gasteiger partial charge on any atom is -0.444 e. The highest BCUT2D eigenvalue weighted by atomic mass is 32.2. The summed E-state index contributed by atoms with van der Waals surface area (Å²) in [6.45, 7) is 13.7. The number of carbonyl (C=O) groups excluding carboxylic acids is 1. The number of amides is 1. The van der Waals surface area contributed by atoms with Crippen molar-refractivity contribution in [2.75, 3.05) is 19.6 Å². The van der Waals surface area contributed by atoms with Crippen molar-refractivity contribution < 1.29 is 40.4 Å². The molecule has 0 N–H and O–H groups in total. The Labute approximate surface area is 211 Å². The van der Waals surface area contributed by atoms with Crippen LogP contribution in [0.1, 0.15) is 61.0 Å². The van der Waals surface area contributed by atoms with Gasteiger partial charge in [0.2, 0.25) is 10.0 Å². The molecule has 2 heterocycles. The number of sulfonamides is 1. The number of hydrogen-bond acceptors (Lipinski definition) is 6. The second kappa shape index (κ2) is 9.18. The molecule has 0 aliphatic carbocycles. The molecule has 2 saturated heterocycles. The number of halogens is 3. The van der Waals surface area contributed by atoms with Gasteiger partial charge in [0.05, 0.1) is 21.7 Å². The minimum atomic E-state index is -4.79. The molecular formula is C23H34BF3N2O6S. The van der Waals surface area contributed by atoms with Gasteiger partial charge in [-0.1, -0.05) is 6.07 Å². The van der Waals surface area contributed by atoms with Crippen LogP contribution in [-0.4, -0.2) is 73.3 Å².